The Kier molecular flexibility index (Phi) is 3.94. The predicted octanol–water partition coefficient (Wildman–Crippen LogP) is 7.16. The maximum Gasteiger partial charge on any atom is 0.0543 e. The van der Waals surface area contributed by atoms with Crippen LogP contribution >= 0.6 is 47.1 Å². The normalized spacial score (nSPS) is 13.5. The molecule has 1 aliphatic carbocycles. The van der Waals surface area contributed by atoms with Crippen LogP contribution in [-0.2, 0) is 0 Å². The van der Waals surface area contributed by atoms with Crippen LogP contribution in [0.2, 0.25) is 0 Å². The van der Waals surface area contributed by atoms with Crippen molar-refractivity contribution in [3.63, 3.8) is 0 Å². The van der Waals surface area contributed by atoms with E-state index in [9.17, 15) is 0 Å². The highest BCUT2D eigenvalue weighted by atomic mass is 32.1. The molecular weight excluding hydrogens is 393 g/mol. The first-order valence-electron chi connectivity index (χ1n) is 8.19. The van der Waals surface area contributed by atoms with E-state index < -0.39 is 0 Å². The fraction of sp³-hybridized carbons (Fsp3) is 0. The molecule has 0 aliphatic heterocycles. The van der Waals surface area contributed by atoms with Gasteiger partial charge in [0.05, 0.1) is 9.73 Å². The Morgan fingerprint density at radius 1 is 0.692 bits per heavy atom. The van der Waals surface area contributed by atoms with Crippen LogP contribution < -0.4 is 0 Å². The van der Waals surface area contributed by atoms with Gasteiger partial charge in [0.1, 0.15) is 0 Å². The van der Waals surface area contributed by atoms with E-state index in [1.54, 1.807) is 11.3 Å². The molecule has 0 saturated carbocycles. The van der Waals surface area contributed by atoms with Crippen molar-refractivity contribution in [3.05, 3.63) is 88.3 Å². The summed E-state index contributed by atoms with van der Waals surface area (Å²) in [6.07, 6.45) is 2.16. The van der Waals surface area contributed by atoms with E-state index in [1.807, 2.05) is 23.5 Å². The molecule has 0 atom stereocenters. The van der Waals surface area contributed by atoms with Crippen molar-refractivity contribution >= 4 is 72.3 Å². The van der Waals surface area contributed by atoms with Gasteiger partial charge in [-0.25, -0.2) is 0 Å². The average molecular weight is 405 g/mol. The molecule has 0 bridgehead atoms. The number of benzene rings is 2. The SMILES string of the molecule is S=C1C(=Cc2cc3sc(-c4ccccc4)cc3s2)C(=S)c2ccccc21. The lowest BCUT2D eigenvalue weighted by Crippen LogP contribution is -1.97. The monoisotopic (exact) mass is 404 g/mol. The molecule has 2 aromatic carbocycles. The highest BCUT2D eigenvalue weighted by Gasteiger charge is 2.26. The minimum absolute atomic E-state index is 0.868. The summed E-state index contributed by atoms with van der Waals surface area (Å²) >= 11 is 15.0. The fourth-order valence-corrected chi connectivity index (χ4v) is 6.31. The molecule has 1 aliphatic rings. The van der Waals surface area contributed by atoms with Gasteiger partial charge in [-0.05, 0) is 23.8 Å². The van der Waals surface area contributed by atoms with Crippen LogP contribution in [0.3, 0.4) is 0 Å². The number of fused-ring (bicyclic) bond motifs is 2. The Balaban J connectivity index is 1.53. The van der Waals surface area contributed by atoms with Crippen LogP contribution in [-0.4, -0.2) is 9.73 Å². The first-order chi connectivity index (χ1) is 12.7. The van der Waals surface area contributed by atoms with Gasteiger partial charge < -0.3 is 0 Å². The summed E-state index contributed by atoms with van der Waals surface area (Å²) in [5.41, 5.74) is 4.45. The number of allylic oxidation sites excluding steroid dienone is 1. The van der Waals surface area contributed by atoms with Gasteiger partial charge in [0, 0.05) is 35.9 Å². The van der Waals surface area contributed by atoms with E-state index in [0.717, 1.165) is 26.4 Å². The van der Waals surface area contributed by atoms with E-state index in [1.165, 1.54) is 24.7 Å². The molecule has 4 aromatic rings. The van der Waals surface area contributed by atoms with E-state index >= 15 is 0 Å². The molecule has 0 amide bonds. The zero-order valence-corrected chi connectivity index (χ0v) is 16.8. The Bertz CT molecular complexity index is 1140. The standard InChI is InChI=1S/C22H12S4/c23-21-15-8-4-5-9-16(15)22(24)17(21)10-14-11-19-20(25-14)12-18(26-19)13-6-2-1-3-7-13/h1-12H. The quantitative estimate of drug-likeness (QED) is 0.257. The summed E-state index contributed by atoms with van der Waals surface area (Å²) in [4.78, 5) is 4.25. The van der Waals surface area contributed by atoms with Crippen molar-refractivity contribution in [1.29, 1.82) is 0 Å². The molecule has 26 heavy (non-hydrogen) atoms. The Morgan fingerprint density at radius 3 is 1.96 bits per heavy atom. The maximum absolute atomic E-state index is 5.67. The highest BCUT2D eigenvalue weighted by molar-refractivity contribution is 7.84. The third kappa shape index (κ3) is 2.61. The number of thiophene rings is 2. The van der Waals surface area contributed by atoms with Gasteiger partial charge in [0.25, 0.3) is 0 Å². The Morgan fingerprint density at radius 2 is 1.31 bits per heavy atom. The van der Waals surface area contributed by atoms with Crippen molar-refractivity contribution in [1.82, 2.24) is 0 Å². The van der Waals surface area contributed by atoms with Crippen LogP contribution in [0, 0.1) is 0 Å². The van der Waals surface area contributed by atoms with Crippen LogP contribution in [0.1, 0.15) is 16.0 Å². The second kappa shape index (κ2) is 6.32. The van der Waals surface area contributed by atoms with E-state index in [0.29, 0.717) is 0 Å². The second-order valence-electron chi connectivity index (χ2n) is 6.12. The van der Waals surface area contributed by atoms with Gasteiger partial charge in [-0.15, -0.1) is 22.7 Å². The maximum atomic E-state index is 5.67. The van der Waals surface area contributed by atoms with Crippen molar-refractivity contribution in [2.75, 3.05) is 0 Å². The lowest BCUT2D eigenvalue weighted by molar-refractivity contribution is 1.66. The zero-order valence-electron chi connectivity index (χ0n) is 13.6. The highest BCUT2D eigenvalue weighted by Crippen LogP contribution is 2.39. The Labute approximate surface area is 170 Å². The van der Waals surface area contributed by atoms with Gasteiger partial charge in [-0.3, -0.25) is 0 Å². The first kappa shape index (κ1) is 16.2. The van der Waals surface area contributed by atoms with Gasteiger partial charge in [-0.2, -0.15) is 0 Å². The van der Waals surface area contributed by atoms with Crippen LogP contribution in [0.4, 0.5) is 0 Å². The summed E-state index contributed by atoms with van der Waals surface area (Å²) in [5.74, 6) is 0. The molecule has 2 heterocycles. The molecule has 124 valence electrons. The average Bonchev–Trinajstić information content (AvgIpc) is 3.30. The molecule has 0 fully saturated rings. The number of hydrogen-bond acceptors (Lipinski definition) is 4. The van der Waals surface area contributed by atoms with Crippen molar-refractivity contribution in [2.45, 2.75) is 0 Å². The molecule has 0 radical (unpaired) electrons. The number of thiocarbonyl (C=S) groups is 2. The summed E-state index contributed by atoms with van der Waals surface area (Å²) in [6.45, 7) is 0. The van der Waals surface area contributed by atoms with Crippen molar-refractivity contribution in [3.8, 4) is 10.4 Å². The van der Waals surface area contributed by atoms with E-state index in [-0.39, 0.29) is 0 Å². The van der Waals surface area contributed by atoms with E-state index in [4.69, 9.17) is 24.4 Å². The van der Waals surface area contributed by atoms with E-state index in [2.05, 4.69) is 60.7 Å². The van der Waals surface area contributed by atoms with Crippen molar-refractivity contribution < 1.29 is 0 Å². The number of hydrogen-bond donors (Lipinski definition) is 0. The first-order valence-corrected chi connectivity index (χ1v) is 10.6. The third-order valence-corrected chi connectivity index (χ3v) is 7.65. The molecule has 0 unspecified atom stereocenters. The molecule has 0 spiro atoms. The molecule has 4 heteroatoms. The van der Waals surface area contributed by atoms with Crippen LogP contribution in [0.5, 0.6) is 0 Å². The van der Waals surface area contributed by atoms with Crippen LogP contribution in [0.25, 0.3) is 25.9 Å². The predicted molar refractivity (Wildman–Crippen MR) is 123 cm³/mol. The lowest BCUT2D eigenvalue weighted by atomic mass is 10.1. The minimum atomic E-state index is 0.868. The molecule has 0 saturated heterocycles. The molecular formula is C22H12S4. The third-order valence-electron chi connectivity index (χ3n) is 4.48. The van der Waals surface area contributed by atoms with Crippen LogP contribution in [0.15, 0.2) is 72.3 Å². The summed E-state index contributed by atoms with van der Waals surface area (Å²) in [7, 11) is 0. The van der Waals surface area contributed by atoms with Crippen molar-refractivity contribution in [2.24, 2.45) is 0 Å². The molecule has 0 N–H and O–H groups in total. The fourth-order valence-electron chi connectivity index (χ4n) is 3.22. The van der Waals surface area contributed by atoms with Gasteiger partial charge in [-0.1, -0.05) is 79.0 Å². The molecule has 2 aromatic heterocycles. The second-order valence-corrected chi connectivity index (χ2v) is 9.13. The number of rotatable bonds is 2. The minimum Gasteiger partial charge on any atom is -0.135 e. The zero-order chi connectivity index (χ0) is 17.7. The molecule has 0 nitrogen and oxygen atoms in total. The summed E-state index contributed by atoms with van der Waals surface area (Å²) in [6, 6.07) is 23.2. The molecule has 5 rings (SSSR count). The largest absolute Gasteiger partial charge is 0.135 e. The summed E-state index contributed by atoms with van der Waals surface area (Å²) < 4.78 is 2.63. The summed E-state index contributed by atoms with van der Waals surface area (Å²) in [5, 5.41) is 0. The van der Waals surface area contributed by atoms with Gasteiger partial charge in [0.2, 0.25) is 0 Å². The topological polar surface area (TPSA) is 0 Å². The Hall–Kier alpha value is -1.98. The van der Waals surface area contributed by atoms with Gasteiger partial charge in [0.15, 0.2) is 0 Å². The lowest BCUT2D eigenvalue weighted by Gasteiger charge is -1.97. The van der Waals surface area contributed by atoms with Gasteiger partial charge >= 0.3 is 0 Å². The smallest absolute Gasteiger partial charge is 0.0543 e.